The zero-order valence-corrected chi connectivity index (χ0v) is 30.6. The molecule has 3 N–H and O–H groups in total. The minimum atomic E-state index is -1.69. The number of carbonyl (C=O) groups excluding carboxylic acids is 3. The van der Waals surface area contributed by atoms with Crippen molar-refractivity contribution in [2.45, 2.75) is 89.2 Å². The van der Waals surface area contributed by atoms with Crippen LogP contribution in [0.2, 0.25) is 10.0 Å². The Balaban J connectivity index is 1.28. The lowest BCUT2D eigenvalue weighted by Gasteiger charge is -2.55. The second-order valence-electron chi connectivity index (χ2n) is 14.4. The Morgan fingerprint density at radius 3 is 2.50 bits per heavy atom. The molecule has 1 amide bonds. The van der Waals surface area contributed by atoms with Gasteiger partial charge in [-0.2, -0.15) is 0 Å². The van der Waals surface area contributed by atoms with Crippen molar-refractivity contribution < 1.29 is 38.9 Å². The molecule has 50 heavy (non-hydrogen) atoms. The van der Waals surface area contributed by atoms with Crippen LogP contribution in [-0.4, -0.2) is 77.1 Å². The lowest BCUT2D eigenvalue weighted by atomic mass is 9.55. The van der Waals surface area contributed by atoms with E-state index < -0.39 is 59.5 Å². The van der Waals surface area contributed by atoms with Gasteiger partial charge in [-0.1, -0.05) is 73.5 Å². The zero-order chi connectivity index (χ0) is 36.3. The van der Waals surface area contributed by atoms with E-state index >= 15 is 0 Å². The molecule has 11 nitrogen and oxygen atoms in total. The number of nitrogens with zero attached hydrogens (tertiary/aromatic N) is 2. The number of hydroxylamine groups is 1. The van der Waals surface area contributed by atoms with Gasteiger partial charge in [0.1, 0.15) is 17.2 Å². The third kappa shape index (κ3) is 6.20. The number of benzene rings is 2. The molecule has 0 radical (unpaired) electrons. The standard InChI is InChI=1S/C37H45Cl2N3O8/c1-19-16-26-24(21(3)33(44)41(5)18-23-10-7-8-12-27(23)38)15-14-20(2)37(26,47)32(31(19)48-22(4)43)49-34(45)29-17-36(46)25-11-9-13-28(39)30(25)42(6)50-35(36)40-29/h7-13,16,20-21,24,26,29,31-32,35,40,46-47H,14-15,17-18H2,1-6H3/t20-,21?,24+,26-,29+,31-,32+,35-,36-,37-/m1/s1. The van der Waals surface area contributed by atoms with Gasteiger partial charge in [0.2, 0.25) is 5.91 Å². The first-order chi connectivity index (χ1) is 23.6. The molecule has 2 aromatic carbocycles. The summed E-state index contributed by atoms with van der Waals surface area (Å²) in [5.41, 5.74) is -0.871. The van der Waals surface area contributed by atoms with Crippen molar-refractivity contribution in [2.24, 2.45) is 23.7 Å². The molecular formula is C37H45Cl2N3O8. The van der Waals surface area contributed by atoms with Gasteiger partial charge in [0.15, 0.2) is 18.4 Å². The van der Waals surface area contributed by atoms with Crippen molar-refractivity contribution in [3.8, 4) is 0 Å². The molecule has 2 aliphatic carbocycles. The summed E-state index contributed by atoms with van der Waals surface area (Å²) in [4.78, 5) is 48.0. The Labute approximate surface area is 302 Å². The number of aliphatic hydroxyl groups is 2. The van der Waals surface area contributed by atoms with Crippen LogP contribution in [0.15, 0.2) is 54.1 Å². The van der Waals surface area contributed by atoms with Gasteiger partial charge in [-0.25, -0.2) is 0 Å². The van der Waals surface area contributed by atoms with Crippen molar-refractivity contribution in [1.29, 1.82) is 0 Å². The first kappa shape index (κ1) is 36.6. The van der Waals surface area contributed by atoms with Gasteiger partial charge in [0.05, 0.1) is 10.7 Å². The van der Waals surface area contributed by atoms with Crippen LogP contribution >= 0.6 is 23.2 Å². The van der Waals surface area contributed by atoms with Crippen LogP contribution in [0.4, 0.5) is 5.69 Å². The van der Waals surface area contributed by atoms with E-state index in [-0.39, 0.29) is 24.2 Å². The van der Waals surface area contributed by atoms with Crippen LogP contribution in [0.3, 0.4) is 0 Å². The number of carbonyl (C=O) groups is 3. The normalized spacial score (nSPS) is 33.7. The predicted molar refractivity (Wildman–Crippen MR) is 187 cm³/mol. The quantitative estimate of drug-likeness (QED) is 0.271. The lowest BCUT2D eigenvalue weighted by Crippen LogP contribution is -2.66. The van der Waals surface area contributed by atoms with E-state index in [0.717, 1.165) is 5.56 Å². The van der Waals surface area contributed by atoms with Gasteiger partial charge in [-0.15, -0.1) is 0 Å². The van der Waals surface area contributed by atoms with E-state index in [2.05, 4.69) is 5.32 Å². The van der Waals surface area contributed by atoms with Crippen LogP contribution in [-0.2, 0) is 40.8 Å². The van der Waals surface area contributed by atoms with Crippen LogP contribution in [0.5, 0.6) is 0 Å². The number of hydrogen-bond acceptors (Lipinski definition) is 10. The number of rotatable bonds is 7. The van der Waals surface area contributed by atoms with E-state index in [1.54, 1.807) is 50.2 Å². The van der Waals surface area contributed by atoms with Crippen LogP contribution in [0, 0.1) is 23.7 Å². The zero-order valence-electron chi connectivity index (χ0n) is 29.1. The molecule has 4 aliphatic rings. The van der Waals surface area contributed by atoms with Crippen molar-refractivity contribution in [3.05, 3.63) is 75.3 Å². The fourth-order valence-electron chi connectivity index (χ4n) is 8.57. The summed E-state index contributed by atoms with van der Waals surface area (Å²) >= 11 is 12.8. The Hall–Kier alpha value is -3.19. The Kier molecular flexibility index (Phi) is 10.1. The number of hydrogen-bond donors (Lipinski definition) is 3. The molecule has 2 aliphatic heterocycles. The molecule has 1 saturated heterocycles. The summed E-state index contributed by atoms with van der Waals surface area (Å²) in [5, 5.41) is 30.1. The van der Waals surface area contributed by atoms with Gasteiger partial charge < -0.3 is 24.6 Å². The highest BCUT2D eigenvalue weighted by atomic mass is 35.5. The maximum Gasteiger partial charge on any atom is 0.323 e. The first-order valence-electron chi connectivity index (χ1n) is 17.0. The summed E-state index contributed by atoms with van der Waals surface area (Å²) in [7, 11) is 3.40. The number of anilines is 1. The summed E-state index contributed by atoms with van der Waals surface area (Å²) < 4.78 is 12.0. The molecule has 1 saturated carbocycles. The van der Waals surface area contributed by atoms with Gasteiger partial charge in [0, 0.05) is 56.4 Å². The van der Waals surface area contributed by atoms with Gasteiger partial charge >= 0.3 is 11.9 Å². The third-order valence-corrected chi connectivity index (χ3v) is 11.9. The highest BCUT2D eigenvalue weighted by Gasteiger charge is 2.62. The van der Waals surface area contributed by atoms with Crippen LogP contribution < -0.4 is 10.4 Å². The molecule has 2 fully saturated rings. The number of esters is 2. The van der Waals surface area contributed by atoms with Crippen molar-refractivity contribution in [3.63, 3.8) is 0 Å². The average molecular weight is 731 g/mol. The minimum Gasteiger partial charge on any atom is -0.454 e. The number of nitrogens with one attached hydrogen (secondary N) is 1. The second-order valence-corrected chi connectivity index (χ2v) is 15.2. The van der Waals surface area contributed by atoms with E-state index in [1.165, 1.54) is 12.0 Å². The number of ether oxygens (including phenoxy) is 2. The Morgan fingerprint density at radius 1 is 1.10 bits per heavy atom. The number of halogens is 2. The summed E-state index contributed by atoms with van der Waals surface area (Å²) in [6, 6.07) is 11.5. The van der Waals surface area contributed by atoms with Crippen LogP contribution in [0.1, 0.15) is 58.1 Å². The highest BCUT2D eigenvalue weighted by Crippen LogP contribution is 2.53. The molecule has 2 aromatic rings. The molecule has 10 atom stereocenters. The van der Waals surface area contributed by atoms with Crippen LogP contribution in [0.25, 0.3) is 0 Å². The molecule has 6 rings (SSSR count). The third-order valence-electron chi connectivity index (χ3n) is 11.3. The van der Waals surface area contributed by atoms with Gasteiger partial charge in [-0.3, -0.25) is 29.6 Å². The van der Waals surface area contributed by atoms with Gasteiger partial charge in [-0.05, 0) is 54.9 Å². The van der Waals surface area contributed by atoms with E-state index in [4.69, 9.17) is 37.5 Å². The number of amides is 1. The number of fused-ring (bicyclic) bond motifs is 4. The predicted octanol–water partition coefficient (Wildman–Crippen LogP) is 4.74. The smallest absolute Gasteiger partial charge is 0.323 e. The maximum atomic E-state index is 14.1. The molecule has 0 bridgehead atoms. The summed E-state index contributed by atoms with van der Waals surface area (Å²) in [6.45, 7) is 7.11. The molecule has 13 heteroatoms. The topological polar surface area (TPSA) is 138 Å². The minimum absolute atomic E-state index is 0.0964. The lowest BCUT2D eigenvalue weighted by molar-refractivity contribution is -0.225. The monoisotopic (exact) mass is 729 g/mol. The largest absolute Gasteiger partial charge is 0.454 e. The van der Waals surface area contributed by atoms with Crippen molar-refractivity contribution in [1.82, 2.24) is 10.2 Å². The Morgan fingerprint density at radius 2 is 1.80 bits per heavy atom. The van der Waals surface area contributed by atoms with Crippen molar-refractivity contribution in [2.75, 3.05) is 19.2 Å². The molecule has 1 unspecified atom stereocenters. The van der Waals surface area contributed by atoms with Gasteiger partial charge in [0.25, 0.3) is 0 Å². The summed E-state index contributed by atoms with van der Waals surface area (Å²) in [6.07, 6.45) is -0.377. The molecule has 0 aromatic heterocycles. The van der Waals surface area contributed by atoms with E-state index in [1.807, 2.05) is 38.1 Å². The first-order valence-corrected chi connectivity index (χ1v) is 17.8. The summed E-state index contributed by atoms with van der Waals surface area (Å²) in [5.74, 6) is -3.26. The Bertz CT molecular complexity index is 1710. The second kappa shape index (κ2) is 13.7. The van der Waals surface area contributed by atoms with Crippen molar-refractivity contribution >= 4 is 46.7 Å². The molecule has 0 spiro atoms. The SMILES string of the molecule is CC(=O)O[C@@H]1C(C)=C[C@@H]2[C@H](C(C)C(=O)N(C)Cc3ccccc3Cl)CC[C@@H](C)[C@]2(O)[C@H]1OC(=O)[C@@H]1C[C@@]2(O)c3cccc(Cl)c3N(C)O[C@H]2N1. The molecule has 2 heterocycles. The highest BCUT2D eigenvalue weighted by molar-refractivity contribution is 6.33. The average Bonchev–Trinajstić information content (AvgIpc) is 3.42. The maximum absolute atomic E-state index is 14.1. The molecular weight excluding hydrogens is 685 g/mol. The fraction of sp³-hybridized carbons (Fsp3) is 0.541. The van der Waals surface area contributed by atoms with E-state index in [0.29, 0.717) is 46.3 Å². The molecule has 270 valence electrons. The fourth-order valence-corrected chi connectivity index (χ4v) is 9.06. The number of para-hydroxylation sites is 1. The van der Waals surface area contributed by atoms with E-state index in [9.17, 15) is 24.6 Å².